The van der Waals surface area contributed by atoms with Crippen LogP contribution in [-0.2, 0) is 85.8 Å². The normalized spacial score (nSPS) is 27.8. The number of hydrogen-bond acceptors (Lipinski definition) is 15. The van der Waals surface area contributed by atoms with Crippen molar-refractivity contribution in [3.8, 4) is 0 Å². The zero-order valence-electron chi connectivity index (χ0n) is 32.7. The fourth-order valence-electron chi connectivity index (χ4n) is 7.09. The van der Waals surface area contributed by atoms with E-state index in [-0.39, 0.29) is 32.3 Å². The third-order valence-corrected chi connectivity index (χ3v) is 12.2. The van der Waals surface area contributed by atoms with Crippen molar-refractivity contribution in [2.24, 2.45) is 11.0 Å². The molecule has 0 amide bonds. The Labute approximate surface area is 394 Å². The average Bonchev–Trinajstić information content (AvgIpc) is 3.68. The first-order valence-electron chi connectivity index (χ1n) is 19.1. The highest BCUT2D eigenvalue weighted by molar-refractivity contribution is 7.82. The third kappa shape index (κ3) is 15.6. The third-order valence-electron chi connectivity index (χ3n) is 9.83. The van der Waals surface area contributed by atoms with E-state index in [1.807, 2.05) is 36.4 Å². The van der Waals surface area contributed by atoms with Gasteiger partial charge in [0.1, 0.15) is 37.6 Å². The SMILES string of the molecule is [N-]=[N+]=N[C@@H]1[C@@H](OCc2ccccc2)[C@H](O[C@@H]2O[C@H](COS(=O)(=O)OCC(Cl)(Cl)Cl)[C@@H](OS(=O)(=O)OCC(Cl)(Cl)Cl)[C@H](OCc3ccccc3)[C@H]2OCc2ccccc2)[C@H]2CO[C@@H]1C2. The second kappa shape index (κ2) is 22.8. The van der Waals surface area contributed by atoms with Crippen LogP contribution in [0.3, 0.4) is 0 Å². The molecule has 2 heterocycles. The molecule has 0 radical (unpaired) electrons. The van der Waals surface area contributed by atoms with Gasteiger partial charge in [0.2, 0.25) is 7.59 Å². The van der Waals surface area contributed by atoms with Crippen molar-refractivity contribution in [3.05, 3.63) is 118 Å². The predicted molar refractivity (Wildman–Crippen MR) is 231 cm³/mol. The highest BCUT2D eigenvalue weighted by atomic mass is 35.6. The van der Waals surface area contributed by atoms with Gasteiger partial charge in [0.25, 0.3) is 0 Å². The van der Waals surface area contributed by atoms with E-state index in [1.54, 1.807) is 54.6 Å². The highest BCUT2D eigenvalue weighted by Gasteiger charge is 2.56. The summed E-state index contributed by atoms with van der Waals surface area (Å²) in [6.45, 7) is -2.92. The fraction of sp³-hybridized carbons (Fsp3) is 0.526. The minimum atomic E-state index is -5.13. The molecule has 2 saturated heterocycles. The van der Waals surface area contributed by atoms with Crippen LogP contribution in [0.15, 0.2) is 96.1 Å². The van der Waals surface area contributed by atoms with E-state index in [4.69, 9.17) is 115 Å². The van der Waals surface area contributed by atoms with E-state index in [1.165, 1.54) is 0 Å². The van der Waals surface area contributed by atoms with Crippen LogP contribution in [0.4, 0.5) is 0 Å². The summed E-state index contributed by atoms with van der Waals surface area (Å²) in [7, 11) is -10.1. The van der Waals surface area contributed by atoms with Gasteiger partial charge in [-0.05, 0) is 28.6 Å². The molecule has 3 fully saturated rings. The number of benzene rings is 3. The van der Waals surface area contributed by atoms with E-state index < -0.39 is 103 Å². The largest absolute Gasteiger partial charge is 0.400 e. The molecule has 3 aliphatic rings. The smallest absolute Gasteiger partial charge is 0.377 e. The number of nitrogens with zero attached hydrogens (tertiary/aromatic N) is 3. The number of hydrogen-bond donors (Lipinski definition) is 0. The molecule has 3 aromatic rings. The van der Waals surface area contributed by atoms with Crippen LogP contribution >= 0.6 is 69.6 Å². The molecular weight excluding hydrogens is 999 g/mol. The van der Waals surface area contributed by atoms with Crippen molar-refractivity contribution < 1.29 is 62.0 Å². The summed E-state index contributed by atoms with van der Waals surface area (Å²) in [4.78, 5) is 3.08. The van der Waals surface area contributed by atoms with Crippen molar-refractivity contribution in [3.63, 3.8) is 0 Å². The maximum Gasteiger partial charge on any atom is 0.400 e. The Bertz CT molecular complexity index is 2180. The van der Waals surface area contributed by atoms with Crippen LogP contribution in [0.1, 0.15) is 23.1 Å². The molecule has 0 N–H and O–H groups in total. The van der Waals surface area contributed by atoms with Gasteiger partial charge in [-0.15, -0.1) is 0 Å². The molecule has 63 heavy (non-hydrogen) atoms. The average molecular weight is 1040 g/mol. The van der Waals surface area contributed by atoms with Gasteiger partial charge in [-0.3, -0.25) is 0 Å². The van der Waals surface area contributed by atoms with Gasteiger partial charge < -0.3 is 28.4 Å². The molecule has 17 nitrogen and oxygen atoms in total. The number of fused-ring (bicyclic) bond motifs is 2. The topological polar surface area (TPSA) is 209 Å². The van der Waals surface area contributed by atoms with Crippen molar-refractivity contribution in [1.82, 2.24) is 0 Å². The van der Waals surface area contributed by atoms with Gasteiger partial charge in [0, 0.05) is 10.8 Å². The minimum Gasteiger partial charge on any atom is -0.377 e. The van der Waals surface area contributed by atoms with Gasteiger partial charge in [-0.1, -0.05) is 166 Å². The van der Waals surface area contributed by atoms with Crippen molar-refractivity contribution in [2.45, 2.75) is 88.9 Å². The van der Waals surface area contributed by atoms with Crippen LogP contribution < -0.4 is 0 Å². The van der Waals surface area contributed by atoms with Gasteiger partial charge in [0.15, 0.2) is 6.29 Å². The second-order valence-corrected chi connectivity index (χ2v) is 22.0. The van der Waals surface area contributed by atoms with Crippen LogP contribution in [0.5, 0.6) is 0 Å². The fourth-order valence-corrected chi connectivity index (χ4v) is 9.38. The number of azide groups is 1. The summed E-state index contributed by atoms with van der Waals surface area (Å²) in [6, 6.07) is 26.2. The van der Waals surface area contributed by atoms with E-state index >= 15 is 0 Å². The Balaban J connectivity index is 1.41. The molecule has 346 valence electrons. The number of rotatable bonds is 21. The summed E-state index contributed by atoms with van der Waals surface area (Å²) in [6.07, 6.45) is -9.96. The molecule has 1 aliphatic carbocycles. The van der Waals surface area contributed by atoms with Crippen molar-refractivity contribution in [2.75, 3.05) is 26.4 Å². The van der Waals surface area contributed by atoms with Gasteiger partial charge in [-0.2, -0.15) is 16.8 Å². The quantitative estimate of drug-likeness (QED) is 0.0435. The Kier molecular flexibility index (Phi) is 18.3. The lowest BCUT2D eigenvalue weighted by molar-refractivity contribution is -0.335. The first-order valence-corrected chi connectivity index (χ1v) is 24.0. The summed E-state index contributed by atoms with van der Waals surface area (Å²) in [5.74, 6) is -0.349. The summed E-state index contributed by atoms with van der Waals surface area (Å²) in [5, 5.41) is 4.06. The van der Waals surface area contributed by atoms with Crippen LogP contribution in [-0.4, -0.2) is 106 Å². The van der Waals surface area contributed by atoms with E-state index in [9.17, 15) is 22.4 Å². The molecule has 3 aromatic carbocycles. The van der Waals surface area contributed by atoms with Crippen LogP contribution in [0, 0.1) is 5.92 Å². The molecule has 0 spiro atoms. The van der Waals surface area contributed by atoms with E-state index in [0.29, 0.717) is 17.5 Å². The summed E-state index contributed by atoms with van der Waals surface area (Å²) in [5.41, 5.74) is 11.8. The predicted octanol–water partition coefficient (Wildman–Crippen LogP) is 7.62. The van der Waals surface area contributed by atoms with Gasteiger partial charge in [-0.25, -0.2) is 16.7 Å². The van der Waals surface area contributed by atoms with E-state index in [2.05, 4.69) is 10.0 Å². The van der Waals surface area contributed by atoms with Gasteiger partial charge >= 0.3 is 20.8 Å². The lowest BCUT2D eigenvalue weighted by Crippen LogP contribution is -2.64. The zero-order chi connectivity index (χ0) is 45.3. The van der Waals surface area contributed by atoms with Crippen LogP contribution in [0.25, 0.3) is 10.4 Å². The molecule has 1 saturated carbocycles. The molecule has 0 aromatic heterocycles. The number of ether oxygens (including phenoxy) is 6. The molecule has 2 aliphatic heterocycles. The first-order chi connectivity index (χ1) is 29.9. The molecule has 0 unspecified atom stereocenters. The van der Waals surface area contributed by atoms with Crippen LogP contribution in [0.2, 0.25) is 0 Å². The lowest BCUT2D eigenvalue weighted by atomic mass is 9.82. The van der Waals surface area contributed by atoms with Crippen molar-refractivity contribution in [1.29, 1.82) is 0 Å². The molecular formula is C38H41Cl6N3O14S2. The number of alkyl halides is 6. The molecule has 6 rings (SSSR count). The highest BCUT2D eigenvalue weighted by Crippen LogP contribution is 2.42. The van der Waals surface area contributed by atoms with Crippen molar-refractivity contribution >= 4 is 90.4 Å². The lowest BCUT2D eigenvalue weighted by Gasteiger charge is -2.47. The minimum absolute atomic E-state index is 0.0923. The molecule has 25 heteroatoms. The summed E-state index contributed by atoms with van der Waals surface area (Å²) >= 11 is 34.6. The summed E-state index contributed by atoms with van der Waals surface area (Å²) < 4.78 is 108. The van der Waals surface area contributed by atoms with Gasteiger partial charge in [0.05, 0.1) is 57.4 Å². The molecule has 2 bridgehead atoms. The zero-order valence-corrected chi connectivity index (χ0v) is 38.9. The van der Waals surface area contributed by atoms with E-state index in [0.717, 1.165) is 5.56 Å². The monoisotopic (exact) mass is 1040 g/mol. The Morgan fingerprint density at radius 3 is 1.65 bits per heavy atom. The first kappa shape index (κ1) is 50.6. The Morgan fingerprint density at radius 2 is 1.14 bits per heavy atom. The maximum absolute atomic E-state index is 13.5. The Morgan fingerprint density at radius 1 is 0.651 bits per heavy atom. The maximum atomic E-state index is 13.5. The molecule has 10 atom stereocenters. The Hall–Kier alpha value is -1.79. The number of halogens is 6. The standard InChI is InChI=1S/C38H41Cl6N3O14S2/c39-37(40,41)22-57-62(48,49)56-21-29-32(61-63(50,51)58-23-38(42,43)44)34(54-18-25-12-6-2-7-13-25)35(55-19-26-14-8-3-9-15-26)36(59-29)60-31-27-16-28(52-20-27)30(46-47-45)33(31)53-17-24-10-4-1-5-11-24/h1-15,27-36H,16-23H2/t27-,28-,29-,30+,31-,32-,33-,34+,35-,36+/m1/s1. The second-order valence-electron chi connectivity index (χ2n) is 14.4.